The summed E-state index contributed by atoms with van der Waals surface area (Å²) in [4.78, 5) is 27.0. The van der Waals surface area contributed by atoms with E-state index < -0.39 is 0 Å². The number of rotatable bonds is 6. The molecule has 0 atom stereocenters. The molecule has 0 radical (unpaired) electrons. The number of nitrogens with one attached hydrogen (secondary N) is 1. The lowest BCUT2D eigenvalue weighted by molar-refractivity contribution is 0.0954. The Morgan fingerprint density at radius 3 is 2.81 bits per heavy atom. The number of carbonyl (C=O) groups excluding carboxylic acids is 2. The number of furan rings is 1. The van der Waals surface area contributed by atoms with Crippen LogP contribution >= 0.6 is 15.9 Å². The Hall–Kier alpha value is -2.94. The van der Waals surface area contributed by atoms with Gasteiger partial charge in [-0.2, -0.15) is 0 Å². The molecule has 1 aromatic carbocycles. The highest BCUT2D eigenvalue weighted by Gasteiger charge is 2.22. The van der Waals surface area contributed by atoms with Crippen molar-refractivity contribution in [1.82, 2.24) is 20.1 Å². The van der Waals surface area contributed by atoms with Crippen molar-refractivity contribution in [3.8, 4) is 0 Å². The molecule has 3 aromatic rings. The summed E-state index contributed by atoms with van der Waals surface area (Å²) >= 11 is 3.20. The van der Waals surface area contributed by atoms with E-state index in [-0.39, 0.29) is 17.6 Å². The molecule has 3 heterocycles. The molecule has 0 unspecified atom stereocenters. The lowest BCUT2D eigenvalue weighted by Crippen LogP contribution is -2.31. The third-order valence-electron chi connectivity index (χ3n) is 5.42. The summed E-state index contributed by atoms with van der Waals surface area (Å²) in [5, 5.41) is 11.6. The fourth-order valence-electron chi connectivity index (χ4n) is 3.78. The molecule has 2 aromatic heterocycles. The van der Waals surface area contributed by atoms with Crippen LogP contribution in [0, 0.1) is 0 Å². The zero-order chi connectivity index (χ0) is 21.8. The van der Waals surface area contributed by atoms with Crippen LogP contribution in [-0.2, 0) is 19.4 Å². The van der Waals surface area contributed by atoms with Crippen LogP contribution in [0.15, 0.2) is 45.5 Å². The number of hydrogen-bond acceptors (Lipinski definition) is 5. The van der Waals surface area contributed by atoms with Gasteiger partial charge in [0.15, 0.2) is 10.4 Å². The topological polar surface area (TPSA) is 93.3 Å². The second-order valence-electron chi connectivity index (χ2n) is 7.49. The standard InChI is InChI=1S/C22H24BrN5O3/c1-27(22(30)17-10-11-18(23)31-17)16-8-5-4-7-15(16)21(29)24-13-12-20-26-25-19-9-3-2-6-14-28(19)20/h4-5,7-8,10-11H,2-3,6,9,12-14H2,1H3,(H,24,29). The Bertz CT molecular complexity index is 1090. The summed E-state index contributed by atoms with van der Waals surface area (Å²) in [5.41, 5.74) is 0.929. The highest BCUT2D eigenvalue weighted by molar-refractivity contribution is 9.10. The molecule has 0 saturated heterocycles. The van der Waals surface area contributed by atoms with Crippen molar-refractivity contribution >= 4 is 33.4 Å². The summed E-state index contributed by atoms with van der Waals surface area (Å²) < 4.78 is 8.01. The van der Waals surface area contributed by atoms with Gasteiger partial charge in [-0.1, -0.05) is 18.6 Å². The van der Waals surface area contributed by atoms with Gasteiger partial charge in [-0.25, -0.2) is 0 Å². The maximum absolute atomic E-state index is 12.9. The fourth-order valence-corrected chi connectivity index (χ4v) is 4.08. The van der Waals surface area contributed by atoms with Gasteiger partial charge < -0.3 is 19.2 Å². The van der Waals surface area contributed by atoms with Gasteiger partial charge in [0.2, 0.25) is 0 Å². The van der Waals surface area contributed by atoms with E-state index in [0.29, 0.717) is 28.9 Å². The number of anilines is 1. The predicted octanol–water partition coefficient (Wildman–Crippen LogP) is 3.61. The second kappa shape index (κ2) is 9.47. The Labute approximate surface area is 188 Å². The third kappa shape index (κ3) is 4.71. The summed E-state index contributed by atoms with van der Waals surface area (Å²) in [6.07, 6.45) is 5.05. The molecule has 0 saturated carbocycles. The summed E-state index contributed by atoms with van der Waals surface area (Å²) in [7, 11) is 1.62. The normalized spacial score (nSPS) is 13.4. The lowest BCUT2D eigenvalue weighted by atomic mass is 10.1. The van der Waals surface area contributed by atoms with Crippen LogP contribution in [0.1, 0.15) is 51.8 Å². The number of amides is 2. The van der Waals surface area contributed by atoms with Gasteiger partial charge in [-0.3, -0.25) is 9.59 Å². The van der Waals surface area contributed by atoms with E-state index in [1.54, 1.807) is 43.4 Å². The lowest BCUT2D eigenvalue weighted by Gasteiger charge is -2.19. The van der Waals surface area contributed by atoms with Gasteiger partial charge in [0.05, 0.1) is 11.3 Å². The van der Waals surface area contributed by atoms with Gasteiger partial charge in [0.1, 0.15) is 11.6 Å². The van der Waals surface area contributed by atoms with Gasteiger partial charge >= 0.3 is 0 Å². The zero-order valence-electron chi connectivity index (χ0n) is 17.3. The van der Waals surface area contributed by atoms with E-state index in [9.17, 15) is 9.59 Å². The number of benzene rings is 1. The highest BCUT2D eigenvalue weighted by Crippen LogP contribution is 2.23. The largest absolute Gasteiger partial charge is 0.444 e. The van der Waals surface area contributed by atoms with Crippen LogP contribution in [0.3, 0.4) is 0 Å². The van der Waals surface area contributed by atoms with Crippen molar-refractivity contribution in [3.05, 3.63) is 64.0 Å². The molecular formula is C22H24BrN5O3. The molecule has 0 spiro atoms. The Morgan fingerprint density at radius 1 is 1.16 bits per heavy atom. The minimum atomic E-state index is -0.336. The number of carbonyl (C=O) groups is 2. The van der Waals surface area contributed by atoms with Crippen molar-refractivity contribution in [2.24, 2.45) is 0 Å². The molecule has 1 N–H and O–H groups in total. The number of fused-ring (bicyclic) bond motifs is 1. The fraction of sp³-hybridized carbons (Fsp3) is 0.364. The van der Waals surface area contributed by atoms with Crippen molar-refractivity contribution in [1.29, 1.82) is 0 Å². The Kier molecular flexibility index (Phi) is 6.50. The molecule has 0 bridgehead atoms. The van der Waals surface area contributed by atoms with E-state index in [2.05, 4.69) is 36.0 Å². The first-order valence-electron chi connectivity index (χ1n) is 10.4. The quantitative estimate of drug-likeness (QED) is 0.575. The predicted molar refractivity (Wildman–Crippen MR) is 119 cm³/mol. The van der Waals surface area contributed by atoms with Crippen LogP contribution in [0.5, 0.6) is 0 Å². The smallest absolute Gasteiger partial charge is 0.293 e. The monoisotopic (exact) mass is 485 g/mol. The van der Waals surface area contributed by atoms with Gasteiger partial charge in [-0.05, 0) is 53.0 Å². The summed E-state index contributed by atoms with van der Waals surface area (Å²) in [6, 6.07) is 10.3. The molecule has 31 heavy (non-hydrogen) atoms. The van der Waals surface area contributed by atoms with Gasteiger partial charge in [0.25, 0.3) is 11.8 Å². The first-order valence-corrected chi connectivity index (χ1v) is 11.2. The number of aromatic nitrogens is 3. The molecular weight excluding hydrogens is 462 g/mol. The summed E-state index contributed by atoms with van der Waals surface area (Å²) in [5.74, 6) is 1.55. The van der Waals surface area contributed by atoms with Crippen LogP contribution in [0.2, 0.25) is 0 Å². The van der Waals surface area contributed by atoms with Crippen molar-refractivity contribution < 1.29 is 14.0 Å². The van der Waals surface area contributed by atoms with E-state index in [1.165, 1.54) is 11.3 Å². The van der Waals surface area contributed by atoms with Crippen molar-refractivity contribution in [3.63, 3.8) is 0 Å². The summed E-state index contributed by atoms with van der Waals surface area (Å²) in [6.45, 7) is 1.37. The Morgan fingerprint density at radius 2 is 2.00 bits per heavy atom. The van der Waals surface area contributed by atoms with Crippen LogP contribution in [-0.4, -0.2) is 40.2 Å². The van der Waals surface area contributed by atoms with Crippen LogP contribution in [0.4, 0.5) is 5.69 Å². The number of aryl methyl sites for hydroxylation is 1. The molecule has 1 aliphatic heterocycles. The molecule has 9 heteroatoms. The third-order valence-corrected chi connectivity index (χ3v) is 5.85. The molecule has 0 aliphatic carbocycles. The van der Waals surface area contributed by atoms with Gasteiger partial charge in [0, 0.05) is 33.0 Å². The maximum Gasteiger partial charge on any atom is 0.293 e. The van der Waals surface area contributed by atoms with Crippen molar-refractivity contribution in [2.75, 3.05) is 18.5 Å². The first-order chi connectivity index (χ1) is 15.0. The number of para-hydroxylation sites is 1. The van der Waals surface area contributed by atoms with Crippen LogP contribution < -0.4 is 10.2 Å². The minimum absolute atomic E-state index is 0.192. The maximum atomic E-state index is 12.9. The molecule has 8 nitrogen and oxygen atoms in total. The van der Waals surface area contributed by atoms with Crippen molar-refractivity contribution in [2.45, 2.75) is 38.6 Å². The van der Waals surface area contributed by atoms with E-state index >= 15 is 0 Å². The number of halogens is 1. The highest BCUT2D eigenvalue weighted by atomic mass is 79.9. The van der Waals surface area contributed by atoms with Gasteiger partial charge in [-0.15, -0.1) is 10.2 Å². The molecule has 1 aliphatic rings. The molecule has 4 rings (SSSR count). The Balaban J connectivity index is 1.42. The second-order valence-corrected chi connectivity index (χ2v) is 8.27. The molecule has 0 fully saturated rings. The average molecular weight is 486 g/mol. The first kappa shape index (κ1) is 21.3. The minimum Gasteiger partial charge on any atom is -0.444 e. The zero-order valence-corrected chi connectivity index (χ0v) is 18.9. The molecule has 162 valence electrons. The molecule has 2 amide bonds. The average Bonchev–Trinajstić information content (AvgIpc) is 3.31. The SMILES string of the molecule is CN(C(=O)c1ccc(Br)o1)c1ccccc1C(=O)NCCc1nnc2n1CCCCC2. The number of nitrogens with zero attached hydrogens (tertiary/aromatic N) is 4. The van der Waals surface area contributed by atoms with E-state index in [1.807, 2.05) is 0 Å². The number of hydrogen-bond donors (Lipinski definition) is 1. The van der Waals surface area contributed by atoms with Crippen LogP contribution in [0.25, 0.3) is 0 Å². The van der Waals surface area contributed by atoms with E-state index in [0.717, 1.165) is 37.5 Å². The van der Waals surface area contributed by atoms with E-state index in [4.69, 9.17) is 4.42 Å².